The SMILES string of the molecule is O=S(=O)(O)OCCCCCCCCC[Se]c1ccccc1. The van der Waals surface area contributed by atoms with Crippen molar-refractivity contribution in [1.82, 2.24) is 0 Å². The van der Waals surface area contributed by atoms with Crippen molar-refractivity contribution in [3.8, 4) is 0 Å². The van der Waals surface area contributed by atoms with Gasteiger partial charge in [0.2, 0.25) is 0 Å². The summed E-state index contributed by atoms with van der Waals surface area (Å²) in [5, 5.41) is 1.30. The van der Waals surface area contributed by atoms with Crippen molar-refractivity contribution in [2.45, 2.75) is 50.3 Å². The Morgan fingerprint density at radius 1 is 0.905 bits per heavy atom. The molecule has 0 atom stereocenters. The minimum atomic E-state index is -4.25. The molecule has 120 valence electrons. The molecule has 0 unspecified atom stereocenters. The van der Waals surface area contributed by atoms with E-state index in [9.17, 15) is 8.42 Å². The molecule has 21 heavy (non-hydrogen) atoms. The number of rotatable bonds is 12. The van der Waals surface area contributed by atoms with Gasteiger partial charge in [0.05, 0.1) is 0 Å². The molecular weight excluding hydrogens is 355 g/mol. The molecular formula is C15H24O4SSe. The molecule has 1 N–H and O–H groups in total. The Morgan fingerprint density at radius 3 is 2.10 bits per heavy atom. The summed E-state index contributed by atoms with van der Waals surface area (Å²) in [4.78, 5) is 0. The van der Waals surface area contributed by atoms with Gasteiger partial charge in [-0.25, -0.2) is 0 Å². The van der Waals surface area contributed by atoms with Gasteiger partial charge in [-0.05, 0) is 0 Å². The van der Waals surface area contributed by atoms with Gasteiger partial charge in [-0.3, -0.25) is 0 Å². The van der Waals surface area contributed by atoms with Crippen LogP contribution in [0.4, 0.5) is 0 Å². The maximum absolute atomic E-state index is 10.3. The van der Waals surface area contributed by atoms with Gasteiger partial charge < -0.3 is 0 Å². The topological polar surface area (TPSA) is 63.6 Å². The molecule has 0 aliphatic rings. The average molecular weight is 379 g/mol. The van der Waals surface area contributed by atoms with Crippen molar-refractivity contribution < 1.29 is 17.2 Å². The Labute approximate surface area is 134 Å². The van der Waals surface area contributed by atoms with Crippen LogP contribution in [0.25, 0.3) is 0 Å². The van der Waals surface area contributed by atoms with E-state index in [4.69, 9.17) is 4.55 Å². The van der Waals surface area contributed by atoms with Gasteiger partial charge in [-0.15, -0.1) is 0 Å². The van der Waals surface area contributed by atoms with E-state index in [0.717, 1.165) is 12.8 Å². The molecule has 0 aliphatic carbocycles. The Balaban J connectivity index is 1.83. The number of hydrogen-bond donors (Lipinski definition) is 1. The van der Waals surface area contributed by atoms with Crippen molar-refractivity contribution in [3.05, 3.63) is 30.3 Å². The first kappa shape index (κ1) is 18.7. The second kappa shape index (κ2) is 11.2. The molecule has 0 aliphatic heterocycles. The van der Waals surface area contributed by atoms with Gasteiger partial charge in [0.25, 0.3) is 0 Å². The Hall–Kier alpha value is -0.391. The van der Waals surface area contributed by atoms with E-state index in [0.29, 0.717) is 21.4 Å². The van der Waals surface area contributed by atoms with Crippen LogP contribution in [0.3, 0.4) is 0 Å². The van der Waals surface area contributed by atoms with E-state index in [1.165, 1.54) is 35.5 Å². The Bertz CT molecular complexity index is 462. The summed E-state index contributed by atoms with van der Waals surface area (Å²) in [6.07, 6.45) is 7.71. The predicted molar refractivity (Wildman–Crippen MR) is 86.5 cm³/mol. The number of unbranched alkanes of at least 4 members (excludes halogenated alkanes) is 6. The van der Waals surface area contributed by atoms with E-state index in [1.807, 2.05) is 0 Å². The van der Waals surface area contributed by atoms with Crippen LogP contribution >= 0.6 is 0 Å². The first-order valence-electron chi connectivity index (χ1n) is 7.37. The zero-order valence-electron chi connectivity index (χ0n) is 12.2. The van der Waals surface area contributed by atoms with Crippen molar-refractivity contribution in [2.75, 3.05) is 6.61 Å². The molecule has 6 heteroatoms. The summed E-state index contributed by atoms with van der Waals surface area (Å²) in [5.74, 6) is 0. The molecule has 0 spiro atoms. The van der Waals surface area contributed by atoms with Crippen molar-refractivity contribution in [1.29, 1.82) is 0 Å². The fourth-order valence-electron chi connectivity index (χ4n) is 1.96. The van der Waals surface area contributed by atoms with Crippen LogP contribution in [0.2, 0.25) is 5.32 Å². The Kier molecular flexibility index (Phi) is 9.96. The van der Waals surface area contributed by atoms with Crippen LogP contribution in [0.5, 0.6) is 0 Å². The zero-order valence-corrected chi connectivity index (χ0v) is 14.8. The first-order valence-corrected chi connectivity index (χ1v) is 10.8. The fourth-order valence-corrected chi connectivity index (χ4v) is 4.25. The third kappa shape index (κ3) is 11.9. The van der Waals surface area contributed by atoms with E-state index < -0.39 is 10.4 Å². The zero-order chi connectivity index (χ0) is 15.4. The summed E-state index contributed by atoms with van der Waals surface area (Å²) >= 11 is 0.606. The Morgan fingerprint density at radius 2 is 1.48 bits per heavy atom. The van der Waals surface area contributed by atoms with E-state index in [1.54, 1.807) is 0 Å². The van der Waals surface area contributed by atoms with Gasteiger partial charge >= 0.3 is 134 Å². The van der Waals surface area contributed by atoms with Gasteiger partial charge in [-0.1, -0.05) is 0 Å². The summed E-state index contributed by atoms with van der Waals surface area (Å²) in [5.41, 5.74) is 0. The molecule has 0 saturated carbocycles. The van der Waals surface area contributed by atoms with Crippen molar-refractivity contribution in [3.63, 3.8) is 0 Å². The van der Waals surface area contributed by atoms with E-state index in [2.05, 4.69) is 34.5 Å². The second-order valence-electron chi connectivity index (χ2n) is 4.89. The molecule has 0 heterocycles. The first-order chi connectivity index (χ1) is 10.1. The molecule has 1 rings (SSSR count). The summed E-state index contributed by atoms with van der Waals surface area (Å²) in [6, 6.07) is 10.7. The number of hydrogen-bond acceptors (Lipinski definition) is 3. The van der Waals surface area contributed by atoms with Gasteiger partial charge in [0, 0.05) is 0 Å². The van der Waals surface area contributed by atoms with Gasteiger partial charge in [-0.2, -0.15) is 0 Å². The third-order valence-corrected chi connectivity index (χ3v) is 5.80. The summed E-state index contributed by atoms with van der Waals surface area (Å²) < 4.78 is 34.7. The molecule has 0 saturated heterocycles. The van der Waals surface area contributed by atoms with Crippen LogP contribution in [0.15, 0.2) is 30.3 Å². The van der Waals surface area contributed by atoms with E-state index >= 15 is 0 Å². The molecule has 0 aromatic heterocycles. The van der Waals surface area contributed by atoms with Crippen LogP contribution in [-0.2, 0) is 14.6 Å². The fraction of sp³-hybridized carbons (Fsp3) is 0.600. The van der Waals surface area contributed by atoms with Gasteiger partial charge in [0.15, 0.2) is 0 Å². The van der Waals surface area contributed by atoms with Crippen molar-refractivity contribution in [2.24, 2.45) is 0 Å². The molecule has 4 nitrogen and oxygen atoms in total. The molecule has 0 fully saturated rings. The number of benzene rings is 1. The monoisotopic (exact) mass is 380 g/mol. The molecule has 0 amide bonds. The maximum atomic E-state index is 10.3. The minimum absolute atomic E-state index is 0.0818. The van der Waals surface area contributed by atoms with Crippen LogP contribution in [0.1, 0.15) is 44.9 Å². The van der Waals surface area contributed by atoms with Crippen LogP contribution in [-0.4, -0.2) is 34.5 Å². The average Bonchev–Trinajstić information content (AvgIpc) is 2.44. The van der Waals surface area contributed by atoms with E-state index in [-0.39, 0.29) is 6.61 Å². The summed E-state index contributed by atoms with van der Waals surface area (Å²) in [6.45, 7) is 0.0818. The standard InChI is InChI=1S/C15H24O4SSe/c16-20(17,18)19-13-9-4-2-1-3-5-10-14-21-15-11-7-6-8-12-15/h6-8,11-12H,1-5,9-10,13-14H2,(H,16,17,18). The van der Waals surface area contributed by atoms with Gasteiger partial charge in [0.1, 0.15) is 0 Å². The predicted octanol–water partition coefficient (Wildman–Crippen LogP) is 2.98. The molecule has 1 aromatic rings. The second-order valence-corrected chi connectivity index (χ2v) is 8.43. The van der Waals surface area contributed by atoms with Crippen LogP contribution in [0, 0.1) is 0 Å². The van der Waals surface area contributed by atoms with Crippen LogP contribution < -0.4 is 4.46 Å². The van der Waals surface area contributed by atoms with Crippen molar-refractivity contribution >= 4 is 29.8 Å². The quantitative estimate of drug-likeness (QED) is 0.345. The third-order valence-electron chi connectivity index (χ3n) is 3.03. The normalized spacial score (nSPS) is 11.7. The molecule has 0 bridgehead atoms. The molecule has 0 radical (unpaired) electrons. The summed E-state index contributed by atoms with van der Waals surface area (Å²) in [7, 11) is -4.25. The molecule has 1 aromatic carbocycles.